The second kappa shape index (κ2) is 4.79. The second-order valence-electron chi connectivity index (χ2n) is 3.35. The molecule has 1 heterocycles. The van der Waals surface area contributed by atoms with E-state index in [1.54, 1.807) is 12.1 Å². The van der Waals surface area contributed by atoms with E-state index in [1.165, 1.54) is 24.4 Å². The van der Waals surface area contributed by atoms with Crippen LogP contribution in [-0.4, -0.2) is 18.4 Å². The number of aromatic nitrogens is 2. The van der Waals surface area contributed by atoms with Crippen molar-refractivity contribution in [1.82, 2.24) is 9.97 Å². The molecule has 3 N–H and O–H groups in total. The lowest BCUT2D eigenvalue weighted by Crippen LogP contribution is -2.16. The first-order valence-electron chi connectivity index (χ1n) is 4.85. The maximum absolute atomic E-state index is 12.0. The summed E-state index contributed by atoms with van der Waals surface area (Å²) < 4.78 is 26.2. The number of hydrogen-bond donors (Lipinski definition) is 2. The normalized spacial score (nSPS) is 11.2. The second-order valence-corrected chi connectivity index (χ2v) is 5.38. The van der Waals surface area contributed by atoms with E-state index < -0.39 is 10.0 Å². The molecule has 1 aromatic heterocycles. The van der Waals surface area contributed by atoms with Gasteiger partial charge >= 0.3 is 0 Å². The molecular weight excluding hydrogens is 276 g/mol. The van der Waals surface area contributed by atoms with E-state index in [9.17, 15) is 8.42 Å². The molecule has 0 aliphatic carbocycles. The standard InChI is InChI=1S/C10H9ClN4O2S/c11-9-5-6-13-10(14-9)15-18(16,17)8-4-2-1-3-7(8)12/h1-6H,12H2,(H,13,14,15). The maximum atomic E-state index is 12.0. The summed E-state index contributed by atoms with van der Waals surface area (Å²) in [6, 6.07) is 7.54. The van der Waals surface area contributed by atoms with Crippen LogP contribution in [0.2, 0.25) is 5.15 Å². The summed E-state index contributed by atoms with van der Waals surface area (Å²) in [6.45, 7) is 0. The molecule has 18 heavy (non-hydrogen) atoms. The van der Waals surface area contributed by atoms with Crippen molar-refractivity contribution in [2.45, 2.75) is 4.90 Å². The van der Waals surface area contributed by atoms with E-state index in [2.05, 4.69) is 14.7 Å². The molecule has 0 atom stereocenters. The smallest absolute Gasteiger partial charge is 0.266 e. The minimum absolute atomic E-state index is 0.0337. The molecule has 0 radical (unpaired) electrons. The molecule has 0 bridgehead atoms. The number of benzene rings is 1. The minimum Gasteiger partial charge on any atom is -0.398 e. The van der Waals surface area contributed by atoms with Crippen molar-refractivity contribution in [2.24, 2.45) is 0 Å². The Balaban J connectivity index is 2.37. The van der Waals surface area contributed by atoms with Gasteiger partial charge in [-0.05, 0) is 18.2 Å². The number of halogens is 1. The third kappa shape index (κ3) is 2.69. The molecule has 2 aromatic rings. The third-order valence-electron chi connectivity index (χ3n) is 2.06. The highest BCUT2D eigenvalue weighted by atomic mass is 35.5. The number of nitrogens with two attached hydrogens (primary N) is 1. The molecule has 2 rings (SSSR count). The van der Waals surface area contributed by atoms with Crippen LogP contribution in [0.3, 0.4) is 0 Å². The van der Waals surface area contributed by atoms with E-state index in [4.69, 9.17) is 17.3 Å². The quantitative estimate of drug-likeness (QED) is 0.658. The Hall–Kier alpha value is -1.86. The molecule has 8 heteroatoms. The van der Waals surface area contributed by atoms with E-state index in [-0.39, 0.29) is 21.7 Å². The summed E-state index contributed by atoms with van der Waals surface area (Å²) in [5.74, 6) is -0.106. The number of nitrogens with zero attached hydrogens (tertiary/aromatic N) is 2. The van der Waals surface area contributed by atoms with Crippen LogP contribution in [0.4, 0.5) is 11.6 Å². The number of anilines is 2. The molecule has 0 fully saturated rings. The van der Waals surface area contributed by atoms with Gasteiger partial charge in [0.2, 0.25) is 5.95 Å². The molecule has 6 nitrogen and oxygen atoms in total. The first-order chi connectivity index (χ1) is 8.49. The number of nitrogens with one attached hydrogen (secondary N) is 1. The summed E-state index contributed by atoms with van der Waals surface area (Å²) in [5.41, 5.74) is 5.75. The Morgan fingerprint density at radius 2 is 1.94 bits per heavy atom. The molecule has 0 aliphatic rings. The van der Waals surface area contributed by atoms with Gasteiger partial charge in [-0.15, -0.1) is 0 Å². The molecule has 0 saturated heterocycles. The van der Waals surface area contributed by atoms with Gasteiger partial charge in [-0.3, -0.25) is 0 Å². The lowest BCUT2D eigenvalue weighted by atomic mass is 10.3. The van der Waals surface area contributed by atoms with Crippen LogP contribution in [0.1, 0.15) is 0 Å². The van der Waals surface area contributed by atoms with Crippen LogP contribution in [0.25, 0.3) is 0 Å². The number of rotatable bonds is 3. The minimum atomic E-state index is -3.82. The van der Waals surface area contributed by atoms with Crippen LogP contribution in [0.5, 0.6) is 0 Å². The Kier molecular flexibility index (Phi) is 3.35. The van der Waals surface area contributed by atoms with Crippen molar-refractivity contribution in [2.75, 3.05) is 10.5 Å². The van der Waals surface area contributed by atoms with Crippen LogP contribution in [0, 0.1) is 0 Å². The Bertz CT molecular complexity index is 675. The topological polar surface area (TPSA) is 98.0 Å². The van der Waals surface area contributed by atoms with Gasteiger partial charge in [-0.1, -0.05) is 23.7 Å². The van der Waals surface area contributed by atoms with Crippen molar-refractivity contribution >= 4 is 33.3 Å². The van der Waals surface area contributed by atoms with E-state index >= 15 is 0 Å². The van der Waals surface area contributed by atoms with E-state index in [1.807, 2.05) is 0 Å². The van der Waals surface area contributed by atoms with Gasteiger partial charge in [-0.2, -0.15) is 0 Å². The zero-order chi connectivity index (χ0) is 13.2. The fraction of sp³-hybridized carbons (Fsp3) is 0. The predicted molar refractivity (Wildman–Crippen MR) is 68.7 cm³/mol. The monoisotopic (exact) mass is 284 g/mol. The average molecular weight is 285 g/mol. The van der Waals surface area contributed by atoms with Gasteiger partial charge in [-0.25, -0.2) is 23.1 Å². The Labute approximate surface area is 109 Å². The van der Waals surface area contributed by atoms with E-state index in [0.717, 1.165) is 0 Å². The largest absolute Gasteiger partial charge is 0.398 e. The first-order valence-corrected chi connectivity index (χ1v) is 6.71. The van der Waals surface area contributed by atoms with Gasteiger partial charge in [0.05, 0.1) is 5.69 Å². The number of sulfonamides is 1. The Morgan fingerprint density at radius 3 is 2.61 bits per heavy atom. The zero-order valence-corrected chi connectivity index (χ0v) is 10.6. The molecule has 1 aromatic carbocycles. The number of hydrogen-bond acceptors (Lipinski definition) is 5. The van der Waals surface area contributed by atoms with Gasteiger partial charge in [0, 0.05) is 6.20 Å². The molecule has 0 unspecified atom stereocenters. The summed E-state index contributed by atoms with van der Waals surface area (Å²) in [4.78, 5) is 7.46. The molecule has 0 aliphatic heterocycles. The van der Waals surface area contributed by atoms with Crippen LogP contribution < -0.4 is 10.5 Å². The van der Waals surface area contributed by atoms with Crippen LogP contribution in [-0.2, 0) is 10.0 Å². The molecule has 0 saturated carbocycles. The van der Waals surface area contributed by atoms with Gasteiger partial charge in [0.15, 0.2) is 0 Å². The van der Waals surface area contributed by atoms with E-state index in [0.29, 0.717) is 0 Å². The third-order valence-corrected chi connectivity index (χ3v) is 3.67. The summed E-state index contributed by atoms with van der Waals surface area (Å²) in [7, 11) is -3.82. The first kappa shape index (κ1) is 12.6. The van der Waals surface area contributed by atoms with Crippen molar-refractivity contribution in [3.05, 3.63) is 41.7 Å². The molecule has 0 spiro atoms. The van der Waals surface area contributed by atoms with Crippen molar-refractivity contribution in [3.8, 4) is 0 Å². The predicted octanol–water partition coefficient (Wildman–Crippen LogP) is 1.51. The fourth-order valence-electron chi connectivity index (χ4n) is 1.29. The lowest BCUT2D eigenvalue weighted by Gasteiger charge is -2.08. The van der Waals surface area contributed by atoms with Crippen molar-refractivity contribution in [1.29, 1.82) is 0 Å². The summed E-state index contributed by atoms with van der Waals surface area (Å²) in [5, 5.41) is 0.142. The van der Waals surface area contributed by atoms with Crippen LogP contribution >= 0.6 is 11.6 Å². The highest BCUT2D eigenvalue weighted by Gasteiger charge is 2.18. The SMILES string of the molecule is Nc1ccccc1S(=O)(=O)Nc1nccc(Cl)n1. The fourth-order valence-corrected chi connectivity index (χ4v) is 2.51. The highest BCUT2D eigenvalue weighted by Crippen LogP contribution is 2.19. The van der Waals surface area contributed by atoms with Gasteiger partial charge in [0.1, 0.15) is 10.0 Å². The van der Waals surface area contributed by atoms with Crippen molar-refractivity contribution in [3.63, 3.8) is 0 Å². The van der Waals surface area contributed by atoms with Crippen LogP contribution in [0.15, 0.2) is 41.4 Å². The number of nitrogen functional groups attached to an aromatic ring is 1. The molecular formula is C10H9ClN4O2S. The molecule has 0 amide bonds. The highest BCUT2D eigenvalue weighted by molar-refractivity contribution is 7.92. The maximum Gasteiger partial charge on any atom is 0.266 e. The number of para-hydroxylation sites is 1. The van der Waals surface area contributed by atoms with Gasteiger partial charge < -0.3 is 5.73 Å². The lowest BCUT2D eigenvalue weighted by molar-refractivity contribution is 0.601. The van der Waals surface area contributed by atoms with Gasteiger partial charge in [0.25, 0.3) is 10.0 Å². The molecule has 94 valence electrons. The Morgan fingerprint density at radius 1 is 1.22 bits per heavy atom. The summed E-state index contributed by atoms with van der Waals surface area (Å²) >= 11 is 5.64. The van der Waals surface area contributed by atoms with Crippen molar-refractivity contribution < 1.29 is 8.42 Å². The zero-order valence-electron chi connectivity index (χ0n) is 9.04. The average Bonchev–Trinajstić information content (AvgIpc) is 2.28. The summed E-state index contributed by atoms with van der Waals surface area (Å²) in [6.07, 6.45) is 1.35.